The zero-order valence-electron chi connectivity index (χ0n) is 19.1. The van der Waals surface area contributed by atoms with Gasteiger partial charge in [0.25, 0.3) is 0 Å². The minimum atomic E-state index is -0.616. The number of likely N-dealkylation sites (tertiary alicyclic amines) is 1. The molecular formula is C29H28ClNO3. The minimum Gasteiger partial charge on any atom is -0.489 e. The lowest BCUT2D eigenvalue weighted by atomic mass is 9.76. The van der Waals surface area contributed by atoms with Crippen LogP contribution in [0.25, 0.3) is 11.1 Å². The van der Waals surface area contributed by atoms with Crippen LogP contribution >= 0.6 is 11.6 Å². The molecular weight excluding hydrogens is 446 g/mol. The molecule has 0 aromatic heterocycles. The number of carboxylic acid groups (broad SMARTS) is 1. The van der Waals surface area contributed by atoms with Crippen molar-refractivity contribution < 1.29 is 14.6 Å². The Morgan fingerprint density at radius 1 is 0.912 bits per heavy atom. The Labute approximate surface area is 205 Å². The molecule has 0 unspecified atom stereocenters. The Hall–Kier alpha value is -2.82. The molecule has 0 atom stereocenters. The van der Waals surface area contributed by atoms with Crippen molar-refractivity contribution in [2.24, 2.45) is 10.8 Å². The maximum absolute atomic E-state index is 11.5. The van der Waals surface area contributed by atoms with Crippen molar-refractivity contribution in [3.05, 3.63) is 88.4 Å². The average molecular weight is 474 g/mol. The van der Waals surface area contributed by atoms with Crippen LogP contribution in [0.4, 0.5) is 0 Å². The quantitative estimate of drug-likeness (QED) is 0.467. The smallest absolute Gasteiger partial charge is 0.310 e. The molecule has 1 saturated heterocycles. The van der Waals surface area contributed by atoms with E-state index in [-0.39, 0.29) is 0 Å². The normalized spacial score (nSPS) is 19.4. The summed E-state index contributed by atoms with van der Waals surface area (Å²) in [6.07, 6.45) is 3.87. The maximum Gasteiger partial charge on any atom is 0.310 e. The van der Waals surface area contributed by atoms with Gasteiger partial charge in [-0.05, 0) is 77.8 Å². The Morgan fingerprint density at radius 2 is 1.59 bits per heavy atom. The van der Waals surface area contributed by atoms with Gasteiger partial charge < -0.3 is 14.7 Å². The van der Waals surface area contributed by atoms with Crippen LogP contribution in [0, 0.1) is 10.8 Å². The standard InChI is InChI=1S/C29H28ClNO3/c30-25-7-1-20(2-8-25)16-34-26-9-5-21(6-10-26)22-3-4-23-14-28(15-24(23)13-22)17-31(18-28)19-29(11-12-29)27(32)33/h1-10,13H,11-12,14-19H2,(H,32,33). The molecule has 0 radical (unpaired) electrons. The van der Waals surface area contributed by atoms with Gasteiger partial charge in [-0.2, -0.15) is 0 Å². The fourth-order valence-electron chi connectivity index (χ4n) is 5.76. The van der Waals surface area contributed by atoms with Crippen LogP contribution in [-0.2, 0) is 24.2 Å². The van der Waals surface area contributed by atoms with Crippen LogP contribution in [0.15, 0.2) is 66.7 Å². The maximum atomic E-state index is 11.5. The number of hydrogen-bond donors (Lipinski definition) is 1. The van der Waals surface area contributed by atoms with Crippen LogP contribution < -0.4 is 4.74 Å². The van der Waals surface area contributed by atoms with Crippen LogP contribution in [0.1, 0.15) is 29.5 Å². The van der Waals surface area contributed by atoms with E-state index in [2.05, 4.69) is 35.2 Å². The van der Waals surface area contributed by atoms with Gasteiger partial charge in [-0.3, -0.25) is 4.79 Å². The van der Waals surface area contributed by atoms with Crippen molar-refractivity contribution in [3.63, 3.8) is 0 Å². The highest BCUT2D eigenvalue weighted by Crippen LogP contribution is 2.51. The molecule has 1 spiro atoms. The Balaban J connectivity index is 1.08. The third-order valence-electron chi connectivity index (χ3n) is 7.80. The van der Waals surface area contributed by atoms with E-state index in [1.165, 1.54) is 22.3 Å². The van der Waals surface area contributed by atoms with Crippen molar-refractivity contribution >= 4 is 17.6 Å². The molecule has 174 valence electrons. The number of fused-ring (bicyclic) bond motifs is 1. The zero-order valence-corrected chi connectivity index (χ0v) is 19.9. The molecule has 34 heavy (non-hydrogen) atoms. The summed E-state index contributed by atoms with van der Waals surface area (Å²) in [4.78, 5) is 13.9. The minimum absolute atomic E-state index is 0.300. The van der Waals surface area contributed by atoms with Gasteiger partial charge in [-0.1, -0.05) is 54.1 Å². The first kappa shape index (κ1) is 21.7. The van der Waals surface area contributed by atoms with Gasteiger partial charge in [0.1, 0.15) is 12.4 Å². The molecule has 1 aliphatic heterocycles. The zero-order chi connectivity index (χ0) is 23.3. The second kappa shape index (κ2) is 8.14. The van der Waals surface area contributed by atoms with E-state index in [4.69, 9.17) is 16.3 Å². The van der Waals surface area contributed by atoms with Gasteiger partial charge in [0.15, 0.2) is 0 Å². The van der Waals surface area contributed by atoms with E-state index in [1.54, 1.807) is 0 Å². The third-order valence-corrected chi connectivity index (χ3v) is 8.05. The Kier molecular flexibility index (Phi) is 5.20. The highest BCUT2D eigenvalue weighted by molar-refractivity contribution is 6.30. The van der Waals surface area contributed by atoms with Gasteiger partial charge >= 0.3 is 5.97 Å². The predicted molar refractivity (Wildman–Crippen MR) is 133 cm³/mol. The first-order valence-corrected chi connectivity index (χ1v) is 12.4. The molecule has 2 fully saturated rings. The number of carbonyl (C=O) groups is 1. The van der Waals surface area contributed by atoms with Crippen molar-refractivity contribution in [1.29, 1.82) is 0 Å². The molecule has 0 amide bonds. The fraction of sp³-hybridized carbons (Fsp3) is 0.345. The molecule has 2 aliphatic carbocycles. The Bertz CT molecular complexity index is 1230. The van der Waals surface area contributed by atoms with Gasteiger partial charge in [0.05, 0.1) is 5.41 Å². The summed E-state index contributed by atoms with van der Waals surface area (Å²) in [6.45, 7) is 3.28. The van der Waals surface area contributed by atoms with Crippen molar-refractivity contribution in [2.45, 2.75) is 32.3 Å². The van der Waals surface area contributed by atoms with Crippen LogP contribution in [0.2, 0.25) is 5.02 Å². The van der Waals surface area contributed by atoms with Crippen LogP contribution in [0.3, 0.4) is 0 Å². The SMILES string of the molecule is O=C(O)C1(CN2CC3(Cc4ccc(-c5ccc(OCc6ccc(Cl)cc6)cc5)cc4C3)C2)CC1. The van der Waals surface area contributed by atoms with Crippen LogP contribution in [-0.4, -0.2) is 35.6 Å². The summed E-state index contributed by atoms with van der Waals surface area (Å²) in [5.74, 6) is 0.234. The number of aliphatic carboxylic acids is 1. The summed E-state index contributed by atoms with van der Waals surface area (Å²) >= 11 is 5.95. The topological polar surface area (TPSA) is 49.8 Å². The Morgan fingerprint density at radius 3 is 2.26 bits per heavy atom. The molecule has 6 rings (SSSR count). The van der Waals surface area contributed by atoms with E-state index in [1.807, 2.05) is 36.4 Å². The number of carboxylic acids is 1. The average Bonchev–Trinajstić information content (AvgIpc) is 3.50. The summed E-state index contributed by atoms with van der Waals surface area (Å²) < 4.78 is 5.93. The molecule has 1 N–H and O–H groups in total. The predicted octanol–water partition coefficient (Wildman–Crippen LogP) is 5.85. The number of hydrogen-bond acceptors (Lipinski definition) is 3. The summed E-state index contributed by atoms with van der Waals surface area (Å²) in [6, 6.07) is 22.9. The van der Waals surface area contributed by atoms with Gasteiger partial charge in [0.2, 0.25) is 0 Å². The third kappa shape index (κ3) is 4.10. The number of ether oxygens (including phenoxy) is 1. The monoisotopic (exact) mass is 473 g/mol. The van der Waals surface area contributed by atoms with Gasteiger partial charge in [-0.25, -0.2) is 0 Å². The van der Waals surface area contributed by atoms with Crippen molar-refractivity contribution in [1.82, 2.24) is 4.90 Å². The molecule has 3 aromatic carbocycles. The highest BCUT2D eigenvalue weighted by Gasteiger charge is 2.55. The summed E-state index contributed by atoms with van der Waals surface area (Å²) in [5.41, 5.74) is 6.25. The van der Waals surface area contributed by atoms with Crippen molar-refractivity contribution in [2.75, 3.05) is 19.6 Å². The molecule has 3 aliphatic rings. The van der Waals surface area contributed by atoms with E-state index in [9.17, 15) is 9.90 Å². The molecule has 1 heterocycles. The number of benzene rings is 3. The van der Waals surface area contributed by atoms with Crippen LogP contribution in [0.5, 0.6) is 5.75 Å². The number of rotatable bonds is 7. The lowest BCUT2D eigenvalue weighted by molar-refractivity contribution is -0.145. The number of halogens is 1. The molecule has 3 aromatic rings. The highest BCUT2D eigenvalue weighted by atomic mass is 35.5. The van der Waals surface area contributed by atoms with E-state index < -0.39 is 11.4 Å². The van der Waals surface area contributed by atoms with Gasteiger partial charge in [-0.15, -0.1) is 0 Å². The lowest BCUT2D eigenvalue weighted by Gasteiger charge is -2.49. The molecule has 5 heteroatoms. The van der Waals surface area contributed by atoms with Crippen molar-refractivity contribution in [3.8, 4) is 16.9 Å². The molecule has 0 bridgehead atoms. The first-order valence-electron chi connectivity index (χ1n) is 12.0. The lowest BCUT2D eigenvalue weighted by Crippen LogP contribution is -2.58. The van der Waals surface area contributed by atoms with E-state index in [0.717, 1.165) is 61.7 Å². The largest absolute Gasteiger partial charge is 0.489 e. The second-order valence-corrected chi connectivity index (χ2v) is 10.9. The summed E-state index contributed by atoms with van der Waals surface area (Å²) in [5, 5.41) is 10.2. The van der Waals surface area contributed by atoms with E-state index in [0.29, 0.717) is 12.0 Å². The van der Waals surface area contributed by atoms with E-state index >= 15 is 0 Å². The molecule has 1 saturated carbocycles. The second-order valence-electron chi connectivity index (χ2n) is 10.5. The van der Waals surface area contributed by atoms with Gasteiger partial charge in [0, 0.05) is 30.1 Å². The number of nitrogens with zero attached hydrogens (tertiary/aromatic N) is 1. The first-order chi connectivity index (χ1) is 16.4. The summed E-state index contributed by atoms with van der Waals surface area (Å²) in [7, 11) is 0. The fourth-order valence-corrected chi connectivity index (χ4v) is 5.89. The molecule has 4 nitrogen and oxygen atoms in total.